The number of nitro groups is 1. The van der Waals surface area contributed by atoms with Crippen molar-refractivity contribution in [2.75, 3.05) is 0 Å². The van der Waals surface area contributed by atoms with Gasteiger partial charge in [0.1, 0.15) is 10.7 Å². The van der Waals surface area contributed by atoms with Gasteiger partial charge in [0.05, 0.1) is 24.8 Å². The van der Waals surface area contributed by atoms with Gasteiger partial charge in [-0.1, -0.05) is 0 Å². The van der Waals surface area contributed by atoms with Gasteiger partial charge >= 0.3 is 5.88 Å². The fourth-order valence-corrected chi connectivity index (χ4v) is 1.05. The molecule has 0 fully saturated rings. The van der Waals surface area contributed by atoms with Crippen LogP contribution in [0.3, 0.4) is 0 Å². The molecule has 7 nitrogen and oxygen atoms in total. The maximum Gasteiger partial charge on any atom is 0.433 e. The monoisotopic (exact) mass is 233 g/mol. The highest BCUT2D eigenvalue weighted by molar-refractivity contribution is 5.79. The molecule has 86 valence electrons. The van der Waals surface area contributed by atoms with Gasteiger partial charge < -0.3 is 8.83 Å². The summed E-state index contributed by atoms with van der Waals surface area (Å²) in [5.41, 5.74) is 0. The molecule has 7 heteroatoms. The summed E-state index contributed by atoms with van der Waals surface area (Å²) in [4.78, 5) is 9.70. The minimum Gasteiger partial charge on any atom is -0.463 e. The Balaban J connectivity index is 1.98. The van der Waals surface area contributed by atoms with Crippen LogP contribution < -0.4 is 0 Å². The maximum atomic E-state index is 10.3. The van der Waals surface area contributed by atoms with Gasteiger partial charge in [0.25, 0.3) is 0 Å². The van der Waals surface area contributed by atoms with Gasteiger partial charge in [-0.25, -0.2) is 0 Å². The first-order chi connectivity index (χ1) is 8.25. The van der Waals surface area contributed by atoms with E-state index in [1.807, 2.05) is 0 Å². The number of hydrogen-bond donors (Lipinski definition) is 0. The van der Waals surface area contributed by atoms with E-state index in [0.29, 0.717) is 5.76 Å². The standard InChI is InChI=1S/C10H7N3O4/c14-13(15)10-4-3-9(17-10)7-12-11-6-8-2-1-5-16-8/h1-7H/b11-6+,12-7+. The van der Waals surface area contributed by atoms with Crippen LogP contribution in [0.2, 0.25) is 0 Å². The van der Waals surface area contributed by atoms with Gasteiger partial charge in [-0.15, -0.1) is 0 Å². The lowest BCUT2D eigenvalue weighted by atomic mass is 10.5. The topological polar surface area (TPSA) is 94.1 Å². The molecule has 0 unspecified atom stereocenters. The zero-order valence-electron chi connectivity index (χ0n) is 8.52. The molecule has 0 amide bonds. The van der Waals surface area contributed by atoms with Crippen molar-refractivity contribution in [2.45, 2.75) is 0 Å². The van der Waals surface area contributed by atoms with E-state index < -0.39 is 4.92 Å². The molecular formula is C10H7N3O4. The molecule has 0 N–H and O–H groups in total. The van der Waals surface area contributed by atoms with Crippen molar-refractivity contribution in [3.63, 3.8) is 0 Å². The third-order valence-electron chi connectivity index (χ3n) is 1.77. The highest BCUT2D eigenvalue weighted by atomic mass is 16.6. The van der Waals surface area contributed by atoms with E-state index in [-0.39, 0.29) is 11.6 Å². The maximum absolute atomic E-state index is 10.3. The van der Waals surface area contributed by atoms with Crippen molar-refractivity contribution in [3.8, 4) is 0 Å². The average Bonchev–Trinajstić information content (AvgIpc) is 2.96. The van der Waals surface area contributed by atoms with Crippen molar-refractivity contribution in [2.24, 2.45) is 10.2 Å². The Morgan fingerprint density at radius 2 is 1.94 bits per heavy atom. The predicted octanol–water partition coefficient (Wildman–Crippen LogP) is 2.23. The van der Waals surface area contributed by atoms with Gasteiger partial charge in [-0.3, -0.25) is 10.1 Å². The molecule has 0 aliphatic carbocycles. The lowest BCUT2D eigenvalue weighted by Gasteiger charge is -1.82. The van der Waals surface area contributed by atoms with Crippen molar-refractivity contribution in [1.29, 1.82) is 0 Å². The first-order valence-corrected chi connectivity index (χ1v) is 4.60. The van der Waals surface area contributed by atoms with Crippen molar-refractivity contribution >= 4 is 18.3 Å². The Morgan fingerprint density at radius 3 is 2.53 bits per heavy atom. The van der Waals surface area contributed by atoms with Crippen LogP contribution in [0.25, 0.3) is 0 Å². The van der Waals surface area contributed by atoms with Crippen molar-refractivity contribution in [3.05, 3.63) is 52.2 Å². The molecular weight excluding hydrogens is 226 g/mol. The van der Waals surface area contributed by atoms with Gasteiger partial charge in [-0.2, -0.15) is 10.2 Å². The van der Waals surface area contributed by atoms with E-state index in [4.69, 9.17) is 8.83 Å². The van der Waals surface area contributed by atoms with Crippen LogP contribution in [-0.2, 0) is 0 Å². The number of furan rings is 2. The molecule has 0 atom stereocenters. The molecule has 0 spiro atoms. The largest absolute Gasteiger partial charge is 0.463 e. The molecule has 0 aliphatic rings. The molecule has 0 radical (unpaired) electrons. The summed E-state index contributed by atoms with van der Waals surface area (Å²) >= 11 is 0. The third kappa shape index (κ3) is 2.88. The molecule has 0 saturated heterocycles. The fourth-order valence-electron chi connectivity index (χ4n) is 1.05. The molecule has 0 aliphatic heterocycles. The lowest BCUT2D eigenvalue weighted by molar-refractivity contribution is -0.402. The second kappa shape index (κ2) is 4.88. The van der Waals surface area contributed by atoms with Crippen molar-refractivity contribution in [1.82, 2.24) is 0 Å². The summed E-state index contributed by atoms with van der Waals surface area (Å²) in [6, 6.07) is 6.12. The summed E-state index contributed by atoms with van der Waals surface area (Å²) < 4.78 is 9.82. The Kier molecular flexibility index (Phi) is 3.10. The molecule has 0 bridgehead atoms. The zero-order chi connectivity index (χ0) is 12.1. The Morgan fingerprint density at radius 1 is 1.18 bits per heavy atom. The molecule has 2 aromatic rings. The Hall–Kier alpha value is -2.70. The second-order valence-electron chi connectivity index (χ2n) is 2.94. The van der Waals surface area contributed by atoms with E-state index in [0.717, 1.165) is 0 Å². The third-order valence-corrected chi connectivity index (χ3v) is 1.77. The summed E-state index contributed by atoms with van der Waals surface area (Å²) in [5, 5.41) is 17.7. The van der Waals surface area contributed by atoms with Gasteiger partial charge in [0.2, 0.25) is 0 Å². The zero-order valence-corrected chi connectivity index (χ0v) is 8.52. The molecule has 0 aromatic carbocycles. The number of hydrogen-bond acceptors (Lipinski definition) is 6. The minimum atomic E-state index is -0.622. The van der Waals surface area contributed by atoms with E-state index in [1.165, 1.54) is 30.8 Å². The Bertz CT molecular complexity index is 554. The van der Waals surface area contributed by atoms with E-state index >= 15 is 0 Å². The van der Waals surface area contributed by atoms with Gasteiger partial charge in [-0.05, 0) is 18.2 Å². The highest BCUT2D eigenvalue weighted by Crippen LogP contribution is 2.13. The highest BCUT2D eigenvalue weighted by Gasteiger charge is 2.09. The Labute approximate surface area is 95.2 Å². The lowest BCUT2D eigenvalue weighted by Crippen LogP contribution is -1.83. The second-order valence-corrected chi connectivity index (χ2v) is 2.94. The summed E-state index contributed by atoms with van der Waals surface area (Å²) in [6.07, 6.45) is 4.20. The van der Waals surface area contributed by atoms with Gasteiger partial charge in [0, 0.05) is 0 Å². The van der Waals surface area contributed by atoms with Crippen LogP contribution in [0, 0.1) is 10.1 Å². The fraction of sp³-hybridized carbons (Fsp3) is 0. The van der Waals surface area contributed by atoms with Crippen LogP contribution in [-0.4, -0.2) is 17.4 Å². The SMILES string of the molecule is O=[N+]([O-])c1ccc(/C=N/N=C/c2ccco2)o1. The van der Waals surface area contributed by atoms with Crippen LogP contribution in [0.4, 0.5) is 5.88 Å². The van der Waals surface area contributed by atoms with E-state index in [9.17, 15) is 10.1 Å². The van der Waals surface area contributed by atoms with E-state index in [2.05, 4.69) is 10.2 Å². The van der Waals surface area contributed by atoms with Crippen molar-refractivity contribution < 1.29 is 13.8 Å². The first-order valence-electron chi connectivity index (χ1n) is 4.60. The molecule has 17 heavy (non-hydrogen) atoms. The molecule has 2 rings (SSSR count). The normalized spacial score (nSPS) is 11.5. The molecule has 2 heterocycles. The van der Waals surface area contributed by atoms with E-state index in [1.54, 1.807) is 12.1 Å². The van der Waals surface area contributed by atoms with Crippen LogP contribution in [0.15, 0.2) is 49.6 Å². The number of rotatable bonds is 4. The average molecular weight is 233 g/mol. The first kappa shape index (κ1) is 10.8. The molecule has 2 aromatic heterocycles. The summed E-state index contributed by atoms with van der Waals surface area (Å²) in [5.74, 6) is 0.488. The molecule has 0 saturated carbocycles. The van der Waals surface area contributed by atoms with Crippen LogP contribution in [0.1, 0.15) is 11.5 Å². The summed E-state index contributed by atoms with van der Waals surface area (Å²) in [6.45, 7) is 0. The van der Waals surface area contributed by atoms with Crippen LogP contribution >= 0.6 is 0 Å². The quantitative estimate of drug-likeness (QED) is 0.459. The smallest absolute Gasteiger partial charge is 0.433 e. The van der Waals surface area contributed by atoms with Crippen LogP contribution in [0.5, 0.6) is 0 Å². The predicted molar refractivity (Wildman–Crippen MR) is 59.3 cm³/mol. The van der Waals surface area contributed by atoms with Gasteiger partial charge in [0.15, 0.2) is 5.76 Å². The summed E-state index contributed by atoms with van der Waals surface area (Å²) in [7, 11) is 0. The number of nitrogens with zero attached hydrogens (tertiary/aromatic N) is 3. The minimum absolute atomic E-state index is 0.258.